The van der Waals surface area contributed by atoms with Gasteiger partial charge in [-0.3, -0.25) is 9.59 Å². The van der Waals surface area contributed by atoms with E-state index in [4.69, 9.17) is 5.11 Å². The molecule has 0 fully saturated rings. The van der Waals surface area contributed by atoms with E-state index < -0.39 is 29.3 Å². The number of hydrogen-bond acceptors (Lipinski definition) is 3. The van der Waals surface area contributed by atoms with Gasteiger partial charge in [0.15, 0.2) is 0 Å². The third-order valence-corrected chi connectivity index (χ3v) is 3.63. The molecule has 0 radical (unpaired) electrons. The van der Waals surface area contributed by atoms with Crippen molar-refractivity contribution >= 4 is 17.8 Å². The summed E-state index contributed by atoms with van der Waals surface area (Å²) in [7, 11) is 0. The first-order chi connectivity index (χ1) is 9.00. The van der Waals surface area contributed by atoms with E-state index in [1.807, 2.05) is 13.8 Å². The van der Waals surface area contributed by atoms with Crippen LogP contribution in [0.1, 0.15) is 47.5 Å². The molecule has 0 aliphatic carbocycles. The zero-order valence-electron chi connectivity index (χ0n) is 12.8. The molecule has 1 amide bonds. The van der Waals surface area contributed by atoms with Crippen LogP contribution in [0.25, 0.3) is 0 Å². The van der Waals surface area contributed by atoms with E-state index in [9.17, 15) is 19.5 Å². The summed E-state index contributed by atoms with van der Waals surface area (Å²) < 4.78 is 0. The monoisotopic (exact) mass is 287 g/mol. The van der Waals surface area contributed by atoms with E-state index in [0.717, 1.165) is 0 Å². The molecule has 0 aromatic heterocycles. The number of hydrogen-bond donors (Lipinski definition) is 3. The van der Waals surface area contributed by atoms with Gasteiger partial charge in [0.05, 0.1) is 5.41 Å². The minimum Gasteiger partial charge on any atom is -0.481 e. The number of carboxylic acids is 2. The van der Waals surface area contributed by atoms with Gasteiger partial charge >= 0.3 is 11.9 Å². The molecule has 6 nitrogen and oxygen atoms in total. The highest BCUT2D eigenvalue weighted by Crippen LogP contribution is 2.31. The minimum atomic E-state index is -1.20. The smallest absolute Gasteiger partial charge is 0.326 e. The van der Waals surface area contributed by atoms with Gasteiger partial charge in [0.1, 0.15) is 6.04 Å². The molecular formula is C14H25NO5. The topological polar surface area (TPSA) is 104 Å². The normalized spacial score (nSPS) is 15.8. The fourth-order valence-corrected chi connectivity index (χ4v) is 1.80. The van der Waals surface area contributed by atoms with Gasteiger partial charge in [-0.2, -0.15) is 0 Å². The van der Waals surface area contributed by atoms with E-state index >= 15 is 0 Å². The maximum atomic E-state index is 11.9. The second-order valence-electron chi connectivity index (χ2n) is 6.14. The Labute approximate surface area is 119 Å². The molecule has 6 heteroatoms. The average Bonchev–Trinajstić information content (AvgIpc) is 2.26. The van der Waals surface area contributed by atoms with Crippen molar-refractivity contribution in [2.75, 3.05) is 0 Å². The Kier molecular flexibility index (Phi) is 6.68. The second kappa shape index (κ2) is 7.26. The van der Waals surface area contributed by atoms with Crippen molar-refractivity contribution in [3.8, 4) is 0 Å². The third kappa shape index (κ3) is 5.19. The standard InChI is InChI=1S/C14H25NO5/c1-8(2)6-10(12(17)18)15-11(16)7-14(5,9(3)4)13(19)20/h8-10H,6-7H2,1-5H3,(H,15,16)(H,17,18)(H,19,20). The predicted molar refractivity (Wildman–Crippen MR) is 74.2 cm³/mol. The van der Waals surface area contributed by atoms with Crippen LogP contribution < -0.4 is 5.32 Å². The van der Waals surface area contributed by atoms with Crippen molar-refractivity contribution in [3.63, 3.8) is 0 Å². The summed E-state index contributed by atoms with van der Waals surface area (Å²) in [6.07, 6.45) is 0.0778. The number of rotatable bonds is 8. The number of carbonyl (C=O) groups is 3. The van der Waals surface area contributed by atoms with Gasteiger partial charge in [0.25, 0.3) is 0 Å². The van der Waals surface area contributed by atoms with Gasteiger partial charge in [-0.05, 0) is 25.2 Å². The number of carboxylic acid groups (broad SMARTS) is 2. The van der Waals surface area contributed by atoms with Crippen molar-refractivity contribution in [1.29, 1.82) is 0 Å². The van der Waals surface area contributed by atoms with Gasteiger partial charge in [0, 0.05) is 6.42 Å². The third-order valence-electron chi connectivity index (χ3n) is 3.63. The molecule has 0 saturated heterocycles. The Bertz CT molecular complexity index is 378. The molecule has 0 rings (SSSR count). The van der Waals surface area contributed by atoms with Gasteiger partial charge in [-0.25, -0.2) is 4.79 Å². The van der Waals surface area contributed by atoms with Gasteiger partial charge < -0.3 is 15.5 Å². The maximum Gasteiger partial charge on any atom is 0.326 e. The fraction of sp³-hybridized carbons (Fsp3) is 0.786. The molecule has 0 spiro atoms. The Morgan fingerprint density at radius 1 is 1.10 bits per heavy atom. The molecule has 0 aromatic carbocycles. The Morgan fingerprint density at radius 2 is 1.60 bits per heavy atom. The number of aliphatic carboxylic acids is 2. The lowest BCUT2D eigenvalue weighted by atomic mass is 9.76. The van der Waals surface area contributed by atoms with Crippen LogP contribution in [-0.2, 0) is 14.4 Å². The van der Waals surface area contributed by atoms with Crippen LogP contribution in [0.2, 0.25) is 0 Å². The van der Waals surface area contributed by atoms with Crippen molar-refractivity contribution in [2.24, 2.45) is 17.3 Å². The summed E-state index contributed by atoms with van der Waals surface area (Å²) in [5.74, 6) is -2.82. The van der Waals surface area contributed by atoms with Gasteiger partial charge in [-0.15, -0.1) is 0 Å². The lowest BCUT2D eigenvalue weighted by Crippen LogP contribution is -2.45. The molecule has 3 N–H and O–H groups in total. The van der Waals surface area contributed by atoms with E-state index in [0.29, 0.717) is 6.42 Å². The van der Waals surface area contributed by atoms with Gasteiger partial charge in [-0.1, -0.05) is 27.7 Å². The van der Waals surface area contributed by atoms with Crippen molar-refractivity contribution < 1.29 is 24.6 Å². The molecule has 0 heterocycles. The van der Waals surface area contributed by atoms with E-state index in [-0.39, 0.29) is 18.3 Å². The molecule has 20 heavy (non-hydrogen) atoms. The highest BCUT2D eigenvalue weighted by molar-refractivity contribution is 5.87. The van der Waals surface area contributed by atoms with Crippen LogP contribution in [0, 0.1) is 17.3 Å². The molecular weight excluding hydrogens is 262 g/mol. The lowest BCUT2D eigenvalue weighted by molar-refractivity contribution is -0.154. The van der Waals surface area contributed by atoms with Crippen LogP contribution in [-0.4, -0.2) is 34.1 Å². The summed E-state index contributed by atoms with van der Waals surface area (Å²) in [6.45, 7) is 8.67. The van der Waals surface area contributed by atoms with Crippen molar-refractivity contribution in [1.82, 2.24) is 5.32 Å². The maximum absolute atomic E-state index is 11.9. The summed E-state index contributed by atoms with van der Waals surface area (Å²) >= 11 is 0. The summed E-state index contributed by atoms with van der Waals surface area (Å²) in [4.78, 5) is 34.3. The average molecular weight is 287 g/mol. The molecule has 2 atom stereocenters. The molecule has 0 aliphatic heterocycles. The highest BCUT2D eigenvalue weighted by atomic mass is 16.4. The molecule has 0 aliphatic rings. The predicted octanol–water partition coefficient (Wildman–Crippen LogP) is 1.74. The van der Waals surface area contributed by atoms with Crippen LogP contribution in [0.4, 0.5) is 0 Å². The number of carbonyl (C=O) groups excluding carboxylic acids is 1. The molecule has 0 aromatic rings. The highest BCUT2D eigenvalue weighted by Gasteiger charge is 2.39. The first kappa shape index (κ1) is 18.4. The molecule has 0 bridgehead atoms. The SMILES string of the molecule is CC(C)CC(NC(=O)CC(C)(C(=O)O)C(C)C)C(=O)O. The summed E-state index contributed by atoms with van der Waals surface area (Å²) in [5.41, 5.74) is -1.20. The van der Waals surface area contributed by atoms with E-state index in [1.165, 1.54) is 6.92 Å². The largest absolute Gasteiger partial charge is 0.481 e. The lowest BCUT2D eigenvalue weighted by Gasteiger charge is -2.29. The zero-order chi connectivity index (χ0) is 16.1. The Balaban J connectivity index is 4.82. The molecule has 116 valence electrons. The van der Waals surface area contributed by atoms with Crippen LogP contribution in [0.5, 0.6) is 0 Å². The van der Waals surface area contributed by atoms with E-state index in [1.54, 1.807) is 13.8 Å². The Hall–Kier alpha value is -1.59. The van der Waals surface area contributed by atoms with Crippen molar-refractivity contribution in [3.05, 3.63) is 0 Å². The van der Waals surface area contributed by atoms with Crippen LogP contribution in [0.3, 0.4) is 0 Å². The zero-order valence-corrected chi connectivity index (χ0v) is 12.8. The minimum absolute atomic E-state index is 0.118. The number of nitrogens with one attached hydrogen (secondary N) is 1. The summed E-state index contributed by atoms with van der Waals surface area (Å²) in [6, 6.07) is -0.979. The van der Waals surface area contributed by atoms with Crippen LogP contribution >= 0.6 is 0 Å². The fourth-order valence-electron chi connectivity index (χ4n) is 1.80. The Morgan fingerprint density at radius 3 is 1.90 bits per heavy atom. The first-order valence-electron chi connectivity index (χ1n) is 6.76. The van der Waals surface area contributed by atoms with E-state index in [2.05, 4.69) is 5.32 Å². The first-order valence-corrected chi connectivity index (χ1v) is 6.76. The van der Waals surface area contributed by atoms with Crippen LogP contribution in [0.15, 0.2) is 0 Å². The quantitative estimate of drug-likeness (QED) is 0.631. The van der Waals surface area contributed by atoms with Gasteiger partial charge in [0.2, 0.25) is 5.91 Å². The second-order valence-corrected chi connectivity index (χ2v) is 6.14. The molecule has 0 saturated carbocycles. The summed E-state index contributed by atoms with van der Waals surface area (Å²) in [5, 5.41) is 20.7. The van der Waals surface area contributed by atoms with Crippen molar-refractivity contribution in [2.45, 2.75) is 53.5 Å². The number of amides is 1. The molecule has 2 unspecified atom stereocenters.